The van der Waals surface area contributed by atoms with Crippen LogP contribution in [-0.4, -0.2) is 16.9 Å². The first-order chi connectivity index (χ1) is 10.4. The number of aryl methyl sites for hydroxylation is 1. The van der Waals surface area contributed by atoms with Gasteiger partial charge in [0.05, 0.1) is 5.54 Å². The lowest BCUT2D eigenvalue weighted by atomic mass is 9.65. The highest BCUT2D eigenvalue weighted by atomic mass is 35.5. The van der Waals surface area contributed by atoms with Gasteiger partial charge in [0.15, 0.2) is 0 Å². The van der Waals surface area contributed by atoms with Crippen LogP contribution in [0.4, 0.5) is 0 Å². The molecule has 0 spiro atoms. The second kappa shape index (κ2) is 8.35. The third kappa shape index (κ3) is 4.43. The number of carbonyl (C=O) groups is 1. The highest BCUT2D eigenvalue weighted by molar-refractivity contribution is 7.09. The van der Waals surface area contributed by atoms with Gasteiger partial charge in [-0.1, -0.05) is 6.42 Å². The molecule has 2 bridgehead atoms. The van der Waals surface area contributed by atoms with E-state index >= 15 is 0 Å². The van der Waals surface area contributed by atoms with E-state index in [1.165, 1.54) is 19.3 Å². The Labute approximate surface area is 161 Å². The van der Waals surface area contributed by atoms with Crippen LogP contribution in [0, 0.1) is 24.7 Å². The van der Waals surface area contributed by atoms with Crippen molar-refractivity contribution in [3.8, 4) is 0 Å². The van der Waals surface area contributed by atoms with Crippen LogP contribution in [-0.2, 0) is 10.3 Å². The number of amides is 1. The molecule has 7 heteroatoms. The SMILES string of the molecule is Cc1csc(C(C)(C)NC(=O)C2CC3CCCC(C2)C3N)n1.Cl.Cl. The largest absolute Gasteiger partial charge is 0.344 e. The minimum Gasteiger partial charge on any atom is -0.344 e. The van der Waals surface area contributed by atoms with Gasteiger partial charge in [0.1, 0.15) is 5.01 Å². The molecule has 0 saturated heterocycles. The van der Waals surface area contributed by atoms with E-state index in [-0.39, 0.29) is 36.6 Å². The summed E-state index contributed by atoms with van der Waals surface area (Å²) >= 11 is 1.62. The molecule has 3 N–H and O–H groups in total. The van der Waals surface area contributed by atoms with E-state index in [0.717, 1.165) is 23.5 Å². The van der Waals surface area contributed by atoms with Gasteiger partial charge in [0.25, 0.3) is 0 Å². The highest BCUT2D eigenvalue weighted by Crippen LogP contribution is 2.42. The number of rotatable bonds is 3. The lowest BCUT2D eigenvalue weighted by Crippen LogP contribution is -2.51. The molecule has 2 saturated carbocycles. The quantitative estimate of drug-likeness (QED) is 0.820. The predicted octanol–water partition coefficient (Wildman–Crippen LogP) is 3.80. The summed E-state index contributed by atoms with van der Waals surface area (Å²) in [5.74, 6) is 1.37. The second-order valence-corrected chi connectivity index (χ2v) is 8.46. The Morgan fingerprint density at radius 2 is 1.88 bits per heavy atom. The van der Waals surface area contributed by atoms with Crippen molar-refractivity contribution in [2.24, 2.45) is 23.5 Å². The smallest absolute Gasteiger partial charge is 0.223 e. The minimum atomic E-state index is -0.398. The standard InChI is InChI=1S/C17H27N3OS.2ClH/c1-10-9-22-16(19-10)17(2,3)20-15(21)13-7-11-5-4-6-12(8-13)14(11)18;;/h9,11-14H,4-8,18H2,1-3H3,(H,20,21);2*1H. The van der Waals surface area contributed by atoms with Crippen LogP contribution >= 0.6 is 36.2 Å². The van der Waals surface area contributed by atoms with Gasteiger partial charge in [-0.05, 0) is 58.3 Å². The Bertz CT molecular complexity index is 550. The Morgan fingerprint density at radius 1 is 1.29 bits per heavy atom. The van der Waals surface area contributed by atoms with Crippen molar-refractivity contribution >= 4 is 42.1 Å². The average Bonchev–Trinajstić information content (AvgIpc) is 2.85. The van der Waals surface area contributed by atoms with Crippen molar-refractivity contribution in [1.82, 2.24) is 10.3 Å². The summed E-state index contributed by atoms with van der Waals surface area (Å²) in [5, 5.41) is 6.24. The lowest BCUT2D eigenvalue weighted by molar-refractivity contribution is -0.129. The molecule has 1 heterocycles. The molecule has 2 unspecified atom stereocenters. The monoisotopic (exact) mass is 393 g/mol. The fourth-order valence-corrected chi connectivity index (χ4v) is 4.99. The van der Waals surface area contributed by atoms with E-state index in [2.05, 4.69) is 10.3 Å². The first kappa shape index (κ1) is 21.7. The number of nitrogens with zero attached hydrogens (tertiary/aromatic N) is 1. The first-order valence-electron chi connectivity index (χ1n) is 8.37. The summed E-state index contributed by atoms with van der Waals surface area (Å²) in [5.41, 5.74) is 6.94. The van der Waals surface area contributed by atoms with Crippen LogP contribution in [0.1, 0.15) is 56.7 Å². The van der Waals surface area contributed by atoms with Gasteiger partial charge in [-0.3, -0.25) is 4.79 Å². The van der Waals surface area contributed by atoms with Crippen LogP contribution in [0.25, 0.3) is 0 Å². The van der Waals surface area contributed by atoms with Crippen LogP contribution in [0.15, 0.2) is 5.38 Å². The molecular weight excluding hydrogens is 365 g/mol. The van der Waals surface area contributed by atoms with E-state index in [0.29, 0.717) is 17.9 Å². The average molecular weight is 394 g/mol. The topological polar surface area (TPSA) is 68.0 Å². The Hall–Kier alpha value is -0.360. The zero-order valence-corrected chi connectivity index (χ0v) is 17.0. The van der Waals surface area contributed by atoms with E-state index in [1.807, 2.05) is 26.2 Å². The van der Waals surface area contributed by atoms with Gasteiger partial charge in [0.2, 0.25) is 5.91 Å². The number of aromatic nitrogens is 1. The molecule has 2 atom stereocenters. The summed E-state index contributed by atoms with van der Waals surface area (Å²) in [4.78, 5) is 17.3. The van der Waals surface area contributed by atoms with Gasteiger partial charge < -0.3 is 11.1 Å². The second-order valence-electron chi connectivity index (χ2n) is 7.61. The molecule has 0 aromatic carbocycles. The van der Waals surface area contributed by atoms with Gasteiger partial charge in [0, 0.05) is 23.0 Å². The Kier molecular flexibility index (Phi) is 7.54. The molecule has 0 radical (unpaired) electrons. The van der Waals surface area contributed by atoms with E-state index in [9.17, 15) is 4.79 Å². The van der Waals surface area contributed by atoms with Crippen LogP contribution in [0.3, 0.4) is 0 Å². The summed E-state index contributed by atoms with van der Waals surface area (Å²) in [7, 11) is 0. The van der Waals surface area contributed by atoms with Crippen molar-refractivity contribution in [2.75, 3.05) is 0 Å². The molecule has 24 heavy (non-hydrogen) atoms. The van der Waals surface area contributed by atoms with E-state index in [4.69, 9.17) is 5.73 Å². The predicted molar refractivity (Wildman–Crippen MR) is 104 cm³/mol. The van der Waals surface area contributed by atoms with Crippen molar-refractivity contribution in [2.45, 2.75) is 64.5 Å². The number of thiazole rings is 1. The van der Waals surface area contributed by atoms with Crippen molar-refractivity contribution in [3.63, 3.8) is 0 Å². The fraction of sp³-hybridized carbons (Fsp3) is 0.765. The van der Waals surface area contributed by atoms with Crippen LogP contribution in [0.2, 0.25) is 0 Å². The number of hydrogen-bond donors (Lipinski definition) is 2. The Morgan fingerprint density at radius 3 is 2.38 bits per heavy atom. The third-order valence-corrected chi connectivity index (χ3v) is 6.66. The van der Waals surface area contributed by atoms with Crippen molar-refractivity contribution < 1.29 is 4.79 Å². The zero-order chi connectivity index (χ0) is 15.9. The zero-order valence-electron chi connectivity index (χ0n) is 14.6. The molecule has 1 aromatic heterocycles. The summed E-state index contributed by atoms with van der Waals surface area (Å²) in [6, 6.07) is 0.312. The first-order valence-corrected chi connectivity index (χ1v) is 9.25. The van der Waals surface area contributed by atoms with Gasteiger partial charge in [-0.25, -0.2) is 4.98 Å². The maximum absolute atomic E-state index is 12.8. The summed E-state index contributed by atoms with van der Waals surface area (Å²) < 4.78 is 0. The summed E-state index contributed by atoms with van der Waals surface area (Å²) in [6.07, 6.45) is 5.57. The molecule has 1 aromatic rings. The van der Waals surface area contributed by atoms with E-state index in [1.54, 1.807) is 11.3 Å². The van der Waals surface area contributed by atoms with Crippen molar-refractivity contribution in [3.05, 3.63) is 16.1 Å². The summed E-state index contributed by atoms with van der Waals surface area (Å²) in [6.45, 7) is 6.07. The molecule has 2 fully saturated rings. The molecule has 1 amide bonds. The molecule has 2 aliphatic rings. The molecule has 4 nitrogen and oxygen atoms in total. The van der Waals surface area contributed by atoms with Gasteiger partial charge in [-0.2, -0.15) is 0 Å². The van der Waals surface area contributed by atoms with E-state index < -0.39 is 5.54 Å². The molecule has 138 valence electrons. The highest BCUT2D eigenvalue weighted by Gasteiger charge is 2.41. The molecular formula is C17H29Cl2N3OS. The number of halogens is 2. The number of hydrogen-bond acceptors (Lipinski definition) is 4. The molecule has 2 aliphatic carbocycles. The number of carbonyl (C=O) groups excluding carboxylic acids is 1. The van der Waals surface area contributed by atoms with Crippen LogP contribution in [0.5, 0.6) is 0 Å². The Balaban J connectivity index is 0.00000144. The maximum atomic E-state index is 12.8. The minimum absolute atomic E-state index is 0. The third-order valence-electron chi connectivity index (χ3n) is 5.37. The normalized spacial score (nSPS) is 29.2. The van der Waals surface area contributed by atoms with Crippen LogP contribution < -0.4 is 11.1 Å². The van der Waals surface area contributed by atoms with Gasteiger partial charge in [-0.15, -0.1) is 36.2 Å². The maximum Gasteiger partial charge on any atom is 0.223 e. The lowest BCUT2D eigenvalue weighted by Gasteiger charge is -2.44. The molecule has 0 aliphatic heterocycles. The molecule has 3 rings (SSSR count). The van der Waals surface area contributed by atoms with Crippen molar-refractivity contribution in [1.29, 1.82) is 0 Å². The van der Waals surface area contributed by atoms with Gasteiger partial charge >= 0.3 is 0 Å². The number of nitrogens with one attached hydrogen (secondary N) is 1. The fourth-order valence-electron chi connectivity index (χ4n) is 4.11. The number of nitrogens with two attached hydrogens (primary N) is 1. The number of fused-ring (bicyclic) bond motifs is 2.